The average molecular weight is 392 g/mol. The number of aliphatic hydroxyl groups excluding tert-OH is 1. The SMILES string of the molecule is CC(CCc1ccccc1)NCC(O)c1ccc(N(C)C)c(S(N)(=O)=O)c1. The van der Waals surface area contributed by atoms with Crippen LogP contribution in [0.15, 0.2) is 53.4 Å². The number of anilines is 1. The highest BCUT2D eigenvalue weighted by atomic mass is 32.2. The van der Waals surface area contributed by atoms with Crippen molar-refractivity contribution in [2.24, 2.45) is 5.14 Å². The predicted octanol–water partition coefficient (Wildman–Crippen LogP) is 2.04. The van der Waals surface area contributed by atoms with Gasteiger partial charge in [-0.25, -0.2) is 13.6 Å². The third-order valence-corrected chi connectivity index (χ3v) is 5.47. The lowest BCUT2D eigenvalue weighted by Gasteiger charge is -2.20. The van der Waals surface area contributed by atoms with Crippen LogP contribution in [0.4, 0.5) is 5.69 Å². The van der Waals surface area contributed by atoms with Crippen LogP contribution in [0.25, 0.3) is 0 Å². The molecule has 4 N–H and O–H groups in total. The summed E-state index contributed by atoms with van der Waals surface area (Å²) in [5, 5.41) is 19.1. The van der Waals surface area contributed by atoms with Crippen LogP contribution >= 0.6 is 0 Å². The molecule has 0 aliphatic carbocycles. The molecule has 148 valence electrons. The van der Waals surface area contributed by atoms with E-state index in [1.807, 2.05) is 18.2 Å². The van der Waals surface area contributed by atoms with E-state index >= 15 is 0 Å². The van der Waals surface area contributed by atoms with Gasteiger partial charge in [0.1, 0.15) is 4.90 Å². The Labute approximate surface area is 162 Å². The molecule has 0 saturated heterocycles. The molecule has 2 aromatic carbocycles. The Morgan fingerprint density at radius 1 is 1.15 bits per heavy atom. The molecule has 0 aliphatic rings. The van der Waals surface area contributed by atoms with Crippen LogP contribution in [0.1, 0.15) is 30.6 Å². The molecule has 0 heterocycles. The third-order valence-electron chi connectivity index (χ3n) is 4.53. The number of hydrogen-bond donors (Lipinski definition) is 3. The molecule has 2 aromatic rings. The van der Waals surface area contributed by atoms with E-state index < -0.39 is 16.1 Å². The van der Waals surface area contributed by atoms with E-state index in [0.717, 1.165) is 12.8 Å². The van der Waals surface area contributed by atoms with Crippen LogP contribution in [0, 0.1) is 0 Å². The van der Waals surface area contributed by atoms with E-state index in [4.69, 9.17) is 5.14 Å². The van der Waals surface area contributed by atoms with E-state index in [0.29, 0.717) is 17.8 Å². The highest BCUT2D eigenvalue weighted by molar-refractivity contribution is 7.89. The first-order valence-electron chi connectivity index (χ1n) is 8.98. The topological polar surface area (TPSA) is 95.7 Å². The smallest absolute Gasteiger partial charge is 0.240 e. The third kappa shape index (κ3) is 6.32. The summed E-state index contributed by atoms with van der Waals surface area (Å²) >= 11 is 0. The highest BCUT2D eigenvalue weighted by Gasteiger charge is 2.19. The number of nitrogens with zero attached hydrogens (tertiary/aromatic N) is 1. The van der Waals surface area contributed by atoms with Crippen molar-refractivity contribution in [1.29, 1.82) is 0 Å². The molecule has 0 aliphatic heterocycles. The van der Waals surface area contributed by atoms with Gasteiger partial charge in [-0.1, -0.05) is 36.4 Å². The Bertz CT molecular complexity index is 839. The molecule has 6 nitrogen and oxygen atoms in total. The lowest BCUT2D eigenvalue weighted by atomic mass is 10.1. The van der Waals surface area contributed by atoms with Crippen LogP contribution in [0.3, 0.4) is 0 Å². The van der Waals surface area contributed by atoms with E-state index in [1.165, 1.54) is 11.6 Å². The normalized spacial score (nSPS) is 14.0. The van der Waals surface area contributed by atoms with Gasteiger partial charge in [0.25, 0.3) is 0 Å². The number of nitrogens with two attached hydrogens (primary N) is 1. The second-order valence-electron chi connectivity index (χ2n) is 7.02. The van der Waals surface area contributed by atoms with E-state index in [-0.39, 0.29) is 10.9 Å². The minimum Gasteiger partial charge on any atom is -0.387 e. The van der Waals surface area contributed by atoms with Gasteiger partial charge in [0.05, 0.1) is 11.8 Å². The van der Waals surface area contributed by atoms with E-state index in [1.54, 1.807) is 31.1 Å². The van der Waals surface area contributed by atoms with Crippen LogP contribution in [0.5, 0.6) is 0 Å². The minimum atomic E-state index is -3.88. The summed E-state index contributed by atoms with van der Waals surface area (Å²) in [5.74, 6) is 0. The molecule has 2 atom stereocenters. The van der Waals surface area contributed by atoms with Crippen LogP contribution in [-0.2, 0) is 16.4 Å². The number of primary sulfonamides is 1. The highest BCUT2D eigenvalue weighted by Crippen LogP contribution is 2.26. The van der Waals surface area contributed by atoms with Gasteiger partial charge in [-0.3, -0.25) is 0 Å². The van der Waals surface area contributed by atoms with Gasteiger partial charge in [0, 0.05) is 26.7 Å². The van der Waals surface area contributed by atoms with Gasteiger partial charge in [-0.2, -0.15) is 0 Å². The summed E-state index contributed by atoms with van der Waals surface area (Å²) in [6, 6.07) is 15.3. The molecule has 0 radical (unpaired) electrons. The Morgan fingerprint density at radius 3 is 2.41 bits per heavy atom. The summed E-state index contributed by atoms with van der Waals surface area (Å²) in [5.41, 5.74) is 2.30. The van der Waals surface area contributed by atoms with Crippen molar-refractivity contribution in [3.8, 4) is 0 Å². The summed E-state index contributed by atoms with van der Waals surface area (Å²) < 4.78 is 23.7. The average Bonchev–Trinajstić information content (AvgIpc) is 2.64. The zero-order chi connectivity index (χ0) is 20.0. The van der Waals surface area contributed by atoms with Crippen molar-refractivity contribution in [2.75, 3.05) is 25.5 Å². The number of aliphatic hydroxyl groups is 1. The number of hydrogen-bond acceptors (Lipinski definition) is 5. The maximum atomic E-state index is 11.9. The molecular formula is C20H29N3O3S. The van der Waals surface area contributed by atoms with Crippen LogP contribution in [0.2, 0.25) is 0 Å². The molecular weight excluding hydrogens is 362 g/mol. The van der Waals surface area contributed by atoms with E-state index in [9.17, 15) is 13.5 Å². The summed E-state index contributed by atoms with van der Waals surface area (Å²) in [6.45, 7) is 2.40. The fraction of sp³-hybridized carbons (Fsp3) is 0.400. The number of sulfonamides is 1. The first kappa shape index (κ1) is 21.4. The monoisotopic (exact) mass is 391 g/mol. The maximum Gasteiger partial charge on any atom is 0.240 e. The van der Waals surface area contributed by atoms with Crippen molar-refractivity contribution >= 4 is 15.7 Å². The first-order valence-corrected chi connectivity index (χ1v) is 10.5. The lowest BCUT2D eigenvalue weighted by Crippen LogP contribution is -2.31. The lowest BCUT2D eigenvalue weighted by molar-refractivity contribution is 0.170. The summed E-state index contributed by atoms with van der Waals surface area (Å²) in [4.78, 5) is 1.70. The molecule has 0 bridgehead atoms. The van der Waals surface area contributed by atoms with Gasteiger partial charge >= 0.3 is 0 Å². The molecule has 0 spiro atoms. The maximum absolute atomic E-state index is 11.9. The summed E-state index contributed by atoms with van der Waals surface area (Å²) in [7, 11) is -0.386. The molecule has 0 aromatic heterocycles. The van der Waals surface area contributed by atoms with Crippen molar-refractivity contribution in [2.45, 2.75) is 36.8 Å². The van der Waals surface area contributed by atoms with Gasteiger partial charge in [-0.05, 0) is 43.0 Å². The Morgan fingerprint density at radius 2 is 1.81 bits per heavy atom. The molecule has 0 saturated carbocycles. The zero-order valence-electron chi connectivity index (χ0n) is 16.1. The van der Waals surface area contributed by atoms with Crippen molar-refractivity contribution in [3.05, 3.63) is 59.7 Å². The Hall–Kier alpha value is -1.93. The fourth-order valence-electron chi connectivity index (χ4n) is 2.90. The largest absolute Gasteiger partial charge is 0.387 e. The van der Waals surface area contributed by atoms with Gasteiger partial charge in [-0.15, -0.1) is 0 Å². The summed E-state index contributed by atoms with van der Waals surface area (Å²) in [6.07, 6.45) is 1.08. The van der Waals surface area contributed by atoms with Crippen molar-refractivity contribution in [3.63, 3.8) is 0 Å². The predicted molar refractivity (Wildman–Crippen MR) is 109 cm³/mol. The second kappa shape index (κ2) is 9.32. The first-order chi connectivity index (χ1) is 12.7. The van der Waals surface area contributed by atoms with Crippen LogP contribution < -0.4 is 15.4 Å². The van der Waals surface area contributed by atoms with Crippen molar-refractivity contribution < 1.29 is 13.5 Å². The fourth-order valence-corrected chi connectivity index (χ4v) is 3.74. The molecule has 2 rings (SSSR count). The van der Waals surface area contributed by atoms with Gasteiger partial charge < -0.3 is 15.3 Å². The van der Waals surface area contributed by atoms with Gasteiger partial charge in [0.15, 0.2) is 0 Å². The molecule has 7 heteroatoms. The Kier molecular flexibility index (Phi) is 7.38. The standard InChI is InChI=1S/C20H29N3O3S/c1-15(9-10-16-7-5-4-6-8-16)22-14-19(24)17-11-12-18(23(2)3)20(13-17)27(21,25)26/h4-8,11-13,15,19,22,24H,9-10,14H2,1-3H3,(H2,21,25,26). The van der Waals surface area contributed by atoms with Crippen molar-refractivity contribution in [1.82, 2.24) is 5.32 Å². The van der Waals surface area contributed by atoms with Crippen LogP contribution in [-0.4, -0.2) is 40.2 Å². The molecule has 0 amide bonds. The number of nitrogens with one attached hydrogen (secondary N) is 1. The molecule has 2 unspecified atom stereocenters. The van der Waals surface area contributed by atoms with E-state index in [2.05, 4.69) is 24.4 Å². The molecule has 0 fully saturated rings. The number of rotatable bonds is 9. The number of benzene rings is 2. The Balaban J connectivity index is 1.98. The molecule has 27 heavy (non-hydrogen) atoms. The minimum absolute atomic E-state index is 0.0150. The quantitative estimate of drug-likeness (QED) is 0.608. The van der Waals surface area contributed by atoms with Gasteiger partial charge in [0.2, 0.25) is 10.0 Å². The second-order valence-corrected chi connectivity index (χ2v) is 8.55. The zero-order valence-corrected chi connectivity index (χ0v) is 16.9. The number of aryl methyl sites for hydroxylation is 1.